The Morgan fingerprint density at radius 2 is 2.11 bits per heavy atom. The lowest BCUT2D eigenvalue weighted by Gasteiger charge is -2.24. The molecule has 7 heteroatoms. The third kappa shape index (κ3) is 3.06. The Hall–Kier alpha value is -1.92. The van der Waals surface area contributed by atoms with Gasteiger partial charge in [-0.05, 0) is 13.3 Å². The highest BCUT2D eigenvalue weighted by molar-refractivity contribution is 5.94. The molecule has 1 rings (SSSR count). The van der Waals surface area contributed by atoms with Gasteiger partial charge < -0.3 is 10.4 Å². The molecule has 1 atom stereocenters. The molecule has 1 aromatic rings. The Morgan fingerprint density at radius 1 is 1.44 bits per heavy atom. The number of carbonyl (C=O) groups excluding carboxylic acids is 1. The van der Waals surface area contributed by atoms with Crippen molar-refractivity contribution in [2.24, 2.45) is 0 Å². The van der Waals surface area contributed by atoms with Crippen molar-refractivity contribution in [3.63, 3.8) is 0 Å². The molecule has 0 aromatic carbocycles. The Labute approximate surface area is 105 Å². The summed E-state index contributed by atoms with van der Waals surface area (Å²) in [5.41, 5.74) is -1.29. The summed E-state index contributed by atoms with van der Waals surface area (Å²) in [5.74, 6) is -1.09. The first-order valence-corrected chi connectivity index (χ1v) is 5.90. The van der Waals surface area contributed by atoms with E-state index in [4.69, 9.17) is 5.11 Å². The third-order valence-electron chi connectivity index (χ3n) is 2.68. The van der Waals surface area contributed by atoms with E-state index in [9.17, 15) is 9.59 Å². The van der Waals surface area contributed by atoms with E-state index in [1.807, 2.05) is 13.8 Å². The van der Waals surface area contributed by atoms with Crippen LogP contribution in [0.1, 0.15) is 50.1 Å². The van der Waals surface area contributed by atoms with Crippen LogP contribution < -0.4 is 5.32 Å². The summed E-state index contributed by atoms with van der Waals surface area (Å²) < 4.78 is 0. The highest BCUT2D eigenvalue weighted by Gasteiger charge is 2.34. The van der Waals surface area contributed by atoms with Gasteiger partial charge in [0.05, 0.1) is 0 Å². The Morgan fingerprint density at radius 3 is 2.56 bits per heavy atom. The highest BCUT2D eigenvalue weighted by Crippen LogP contribution is 2.13. The number of carbonyl (C=O) groups is 2. The van der Waals surface area contributed by atoms with Gasteiger partial charge in [-0.1, -0.05) is 20.3 Å². The maximum atomic E-state index is 11.8. The van der Waals surface area contributed by atoms with Gasteiger partial charge in [0.2, 0.25) is 5.82 Å². The Balaban J connectivity index is 2.81. The molecule has 0 aliphatic rings. The molecular formula is C11H18N4O3. The molecule has 7 nitrogen and oxygen atoms in total. The number of aromatic nitrogens is 3. The monoisotopic (exact) mass is 254 g/mol. The molecule has 0 saturated heterocycles. The zero-order valence-electron chi connectivity index (χ0n) is 10.8. The fraction of sp³-hybridized carbons (Fsp3) is 0.636. The standard InChI is InChI=1S/C11H18N4O3/c1-4-6-11(3,10(17)18)13-9(16)8-12-7(5-2)14-15-8/h4-6H2,1-3H3,(H,13,16)(H,17,18)(H,12,14,15). The van der Waals surface area contributed by atoms with Crippen molar-refractivity contribution in [1.29, 1.82) is 0 Å². The molecule has 0 aliphatic heterocycles. The first-order valence-electron chi connectivity index (χ1n) is 5.90. The quantitative estimate of drug-likeness (QED) is 0.694. The van der Waals surface area contributed by atoms with Crippen molar-refractivity contribution in [2.75, 3.05) is 0 Å². The molecule has 0 fully saturated rings. The molecule has 0 spiro atoms. The summed E-state index contributed by atoms with van der Waals surface area (Å²) in [7, 11) is 0. The number of rotatable bonds is 6. The van der Waals surface area contributed by atoms with E-state index in [0.717, 1.165) is 0 Å². The Bertz CT molecular complexity index is 443. The number of nitrogens with zero attached hydrogens (tertiary/aromatic N) is 2. The van der Waals surface area contributed by atoms with Crippen molar-refractivity contribution in [2.45, 2.75) is 45.6 Å². The molecule has 0 bridgehead atoms. The number of aryl methyl sites for hydroxylation is 1. The van der Waals surface area contributed by atoms with Crippen molar-refractivity contribution < 1.29 is 14.7 Å². The number of amides is 1. The second-order valence-corrected chi connectivity index (χ2v) is 4.30. The maximum absolute atomic E-state index is 11.8. The predicted octanol–water partition coefficient (Wildman–Crippen LogP) is 0.740. The summed E-state index contributed by atoms with van der Waals surface area (Å²) in [5, 5.41) is 18.0. The summed E-state index contributed by atoms with van der Waals surface area (Å²) in [4.78, 5) is 27.0. The molecule has 0 aliphatic carbocycles. The minimum Gasteiger partial charge on any atom is -0.480 e. The van der Waals surface area contributed by atoms with Crippen LogP contribution in [0.4, 0.5) is 0 Å². The molecule has 1 heterocycles. The molecule has 100 valence electrons. The van der Waals surface area contributed by atoms with E-state index in [2.05, 4.69) is 20.5 Å². The lowest BCUT2D eigenvalue weighted by Crippen LogP contribution is -2.52. The Kier molecular flexibility index (Phi) is 4.41. The number of carboxylic acids is 1. The van der Waals surface area contributed by atoms with E-state index < -0.39 is 17.4 Å². The molecule has 18 heavy (non-hydrogen) atoms. The number of aromatic amines is 1. The fourth-order valence-corrected chi connectivity index (χ4v) is 1.58. The average molecular weight is 254 g/mol. The van der Waals surface area contributed by atoms with Crippen molar-refractivity contribution >= 4 is 11.9 Å². The van der Waals surface area contributed by atoms with E-state index in [-0.39, 0.29) is 5.82 Å². The molecule has 1 unspecified atom stereocenters. The molecule has 0 radical (unpaired) electrons. The van der Waals surface area contributed by atoms with Crippen LogP contribution in [0.5, 0.6) is 0 Å². The maximum Gasteiger partial charge on any atom is 0.329 e. The first kappa shape index (κ1) is 14.1. The van der Waals surface area contributed by atoms with Crippen molar-refractivity contribution in [1.82, 2.24) is 20.5 Å². The van der Waals surface area contributed by atoms with Crippen LogP contribution >= 0.6 is 0 Å². The number of hydrogen-bond donors (Lipinski definition) is 3. The van der Waals surface area contributed by atoms with E-state index in [1.54, 1.807) is 0 Å². The van der Waals surface area contributed by atoms with Crippen LogP contribution in [-0.2, 0) is 11.2 Å². The summed E-state index contributed by atoms with van der Waals surface area (Å²) in [6.07, 6.45) is 1.63. The van der Waals surface area contributed by atoms with Crippen LogP contribution in [0.25, 0.3) is 0 Å². The lowest BCUT2D eigenvalue weighted by molar-refractivity contribution is -0.144. The van der Waals surface area contributed by atoms with Crippen LogP contribution in [-0.4, -0.2) is 37.7 Å². The van der Waals surface area contributed by atoms with Crippen molar-refractivity contribution in [3.05, 3.63) is 11.6 Å². The van der Waals surface area contributed by atoms with Gasteiger partial charge in [-0.2, -0.15) is 0 Å². The van der Waals surface area contributed by atoms with Gasteiger partial charge >= 0.3 is 5.97 Å². The number of carboxylic acid groups (broad SMARTS) is 1. The number of nitrogens with one attached hydrogen (secondary N) is 2. The lowest BCUT2D eigenvalue weighted by atomic mass is 9.96. The van der Waals surface area contributed by atoms with Gasteiger partial charge in [0.15, 0.2) is 0 Å². The smallest absolute Gasteiger partial charge is 0.329 e. The van der Waals surface area contributed by atoms with Crippen LogP contribution in [0, 0.1) is 0 Å². The van der Waals surface area contributed by atoms with Gasteiger partial charge in [-0.3, -0.25) is 9.89 Å². The first-order chi connectivity index (χ1) is 8.42. The van der Waals surface area contributed by atoms with E-state index in [0.29, 0.717) is 25.1 Å². The van der Waals surface area contributed by atoms with Gasteiger partial charge in [0.1, 0.15) is 11.4 Å². The van der Waals surface area contributed by atoms with Gasteiger partial charge in [-0.25, -0.2) is 9.78 Å². The normalized spacial score (nSPS) is 13.9. The summed E-state index contributed by atoms with van der Waals surface area (Å²) in [6, 6.07) is 0. The van der Waals surface area contributed by atoms with E-state index >= 15 is 0 Å². The SMILES string of the molecule is CCCC(C)(NC(=O)c1n[nH]c(CC)n1)C(=O)O. The zero-order valence-corrected chi connectivity index (χ0v) is 10.8. The molecular weight excluding hydrogens is 236 g/mol. The number of H-pyrrole nitrogens is 1. The van der Waals surface area contributed by atoms with Crippen LogP contribution in [0.3, 0.4) is 0 Å². The topological polar surface area (TPSA) is 108 Å². The molecule has 1 aromatic heterocycles. The molecule has 1 amide bonds. The second-order valence-electron chi connectivity index (χ2n) is 4.30. The second kappa shape index (κ2) is 5.61. The van der Waals surface area contributed by atoms with Crippen molar-refractivity contribution in [3.8, 4) is 0 Å². The number of hydrogen-bond acceptors (Lipinski definition) is 4. The fourth-order valence-electron chi connectivity index (χ4n) is 1.58. The van der Waals surface area contributed by atoms with E-state index in [1.165, 1.54) is 6.92 Å². The molecule has 0 saturated carbocycles. The van der Waals surface area contributed by atoms with Crippen LogP contribution in [0.2, 0.25) is 0 Å². The van der Waals surface area contributed by atoms with Gasteiger partial charge in [0.25, 0.3) is 5.91 Å². The largest absolute Gasteiger partial charge is 0.480 e. The highest BCUT2D eigenvalue weighted by atomic mass is 16.4. The third-order valence-corrected chi connectivity index (χ3v) is 2.68. The zero-order chi connectivity index (χ0) is 13.8. The average Bonchev–Trinajstić information content (AvgIpc) is 2.77. The van der Waals surface area contributed by atoms with Gasteiger partial charge in [-0.15, -0.1) is 5.10 Å². The minimum absolute atomic E-state index is 0.0320. The number of aliphatic carboxylic acids is 1. The molecule has 3 N–H and O–H groups in total. The predicted molar refractivity (Wildman–Crippen MR) is 64.2 cm³/mol. The van der Waals surface area contributed by atoms with Crippen LogP contribution in [0.15, 0.2) is 0 Å². The summed E-state index contributed by atoms with van der Waals surface area (Å²) >= 11 is 0. The van der Waals surface area contributed by atoms with Gasteiger partial charge in [0, 0.05) is 6.42 Å². The summed E-state index contributed by atoms with van der Waals surface area (Å²) in [6.45, 7) is 5.21. The minimum atomic E-state index is -1.29.